The lowest BCUT2D eigenvalue weighted by Gasteiger charge is -2.13. The number of nitrogens with zero attached hydrogens (tertiary/aromatic N) is 2. The highest BCUT2D eigenvalue weighted by Crippen LogP contribution is 2.19. The van der Waals surface area contributed by atoms with Gasteiger partial charge in [0.25, 0.3) is 0 Å². The average Bonchev–Trinajstić information content (AvgIpc) is 2.94. The Morgan fingerprint density at radius 2 is 1.90 bits per heavy atom. The van der Waals surface area contributed by atoms with Gasteiger partial charge < -0.3 is 10.3 Å². The molecule has 1 atom stereocenters. The molecule has 0 aliphatic heterocycles. The molecule has 0 spiro atoms. The van der Waals surface area contributed by atoms with Crippen LogP contribution in [-0.2, 0) is 6.54 Å². The second-order valence-electron chi connectivity index (χ2n) is 5.88. The number of nitrogens with two attached hydrogens (primary N) is 1. The zero-order chi connectivity index (χ0) is 14.8. The summed E-state index contributed by atoms with van der Waals surface area (Å²) in [4.78, 5) is 4.71. The number of rotatable bonds is 4. The van der Waals surface area contributed by atoms with Crippen LogP contribution in [0.25, 0.3) is 10.9 Å². The summed E-state index contributed by atoms with van der Waals surface area (Å²) in [5.74, 6) is 0.444. The Balaban J connectivity index is 1.82. The van der Waals surface area contributed by atoms with Gasteiger partial charge in [0, 0.05) is 23.8 Å². The molecule has 3 rings (SSSR count). The number of aromatic nitrogens is 2. The number of fused-ring (bicyclic) bond motifs is 1. The second-order valence-corrected chi connectivity index (χ2v) is 5.88. The molecule has 108 valence electrons. The highest BCUT2D eigenvalue weighted by molar-refractivity contribution is 5.78. The van der Waals surface area contributed by atoms with Crippen molar-refractivity contribution in [2.45, 2.75) is 26.4 Å². The van der Waals surface area contributed by atoms with Crippen LogP contribution >= 0.6 is 0 Å². The maximum absolute atomic E-state index is 6.19. The summed E-state index contributed by atoms with van der Waals surface area (Å²) in [5, 5.41) is 1.18. The maximum Gasteiger partial charge on any atom is 0.0706 e. The minimum Gasteiger partial charge on any atom is -0.348 e. The van der Waals surface area contributed by atoms with Crippen molar-refractivity contribution in [3.05, 3.63) is 66.1 Å². The lowest BCUT2D eigenvalue weighted by molar-refractivity contribution is 0.513. The van der Waals surface area contributed by atoms with Gasteiger partial charge in [-0.05, 0) is 29.7 Å². The summed E-state index contributed by atoms with van der Waals surface area (Å²) in [6.45, 7) is 5.06. The van der Waals surface area contributed by atoms with Crippen molar-refractivity contribution in [2.75, 3.05) is 0 Å². The largest absolute Gasteiger partial charge is 0.348 e. The number of benzene rings is 1. The van der Waals surface area contributed by atoms with Crippen molar-refractivity contribution in [1.82, 2.24) is 9.55 Å². The summed E-state index contributed by atoms with van der Waals surface area (Å²) in [6, 6.07) is 14.6. The normalized spacial score (nSPS) is 13.0. The highest BCUT2D eigenvalue weighted by atomic mass is 15.0. The smallest absolute Gasteiger partial charge is 0.0706 e. The van der Waals surface area contributed by atoms with E-state index in [1.165, 1.54) is 10.9 Å². The molecular formula is C18H21N3. The summed E-state index contributed by atoms with van der Waals surface area (Å²) in [7, 11) is 0. The fourth-order valence-corrected chi connectivity index (χ4v) is 2.52. The minimum atomic E-state index is 0.0933. The molecule has 1 aromatic carbocycles. The van der Waals surface area contributed by atoms with Crippen LogP contribution in [-0.4, -0.2) is 9.55 Å². The van der Waals surface area contributed by atoms with Crippen LogP contribution in [0.5, 0.6) is 0 Å². The van der Waals surface area contributed by atoms with E-state index < -0.39 is 0 Å². The first-order valence-electron chi connectivity index (χ1n) is 7.39. The van der Waals surface area contributed by atoms with E-state index in [9.17, 15) is 0 Å². The molecule has 2 N–H and O–H groups in total. The van der Waals surface area contributed by atoms with Gasteiger partial charge in [-0.3, -0.25) is 4.98 Å². The quantitative estimate of drug-likeness (QED) is 0.790. The lowest BCUT2D eigenvalue weighted by atomic mass is 10.00. The summed E-state index contributed by atoms with van der Waals surface area (Å²) < 4.78 is 2.15. The van der Waals surface area contributed by atoms with E-state index >= 15 is 0 Å². The van der Waals surface area contributed by atoms with Crippen LogP contribution in [0.2, 0.25) is 0 Å². The van der Waals surface area contributed by atoms with Crippen molar-refractivity contribution in [3.63, 3.8) is 0 Å². The van der Waals surface area contributed by atoms with Gasteiger partial charge in [0.05, 0.1) is 17.8 Å². The fraction of sp³-hybridized carbons (Fsp3) is 0.278. The van der Waals surface area contributed by atoms with Gasteiger partial charge in [0.2, 0.25) is 0 Å². The van der Waals surface area contributed by atoms with Crippen molar-refractivity contribution in [2.24, 2.45) is 11.7 Å². The number of hydrogen-bond acceptors (Lipinski definition) is 2. The van der Waals surface area contributed by atoms with Crippen molar-refractivity contribution >= 4 is 10.9 Å². The summed E-state index contributed by atoms with van der Waals surface area (Å²) in [6.07, 6.45) is 4.20. The Morgan fingerprint density at radius 1 is 1.10 bits per heavy atom. The van der Waals surface area contributed by atoms with Gasteiger partial charge >= 0.3 is 0 Å². The first-order chi connectivity index (χ1) is 10.1. The van der Waals surface area contributed by atoms with E-state index in [4.69, 9.17) is 10.7 Å². The van der Waals surface area contributed by atoms with Gasteiger partial charge in [-0.2, -0.15) is 0 Å². The van der Waals surface area contributed by atoms with Crippen LogP contribution in [0.4, 0.5) is 0 Å². The molecular weight excluding hydrogens is 258 g/mol. The monoisotopic (exact) mass is 279 g/mol. The second kappa shape index (κ2) is 5.70. The molecule has 2 heterocycles. The molecule has 0 aliphatic rings. The third kappa shape index (κ3) is 2.98. The Kier molecular flexibility index (Phi) is 3.76. The number of para-hydroxylation sites is 1. The van der Waals surface area contributed by atoms with Crippen molar-refractivity contribution in [1.29, 1.82) is 0 Å². The Bertz CT molecular complexity index is 743. The minimum absolute atomic E-state index is 0.0933. The molecule has 1 unspecified atom stereocenters. The van der Waals surface area contributed by atoms with E-state index in [0.717, 1.165) is 17.8 Å². The van der Waals surface area contributed by atoms with Crippen LogP contribution in [0.15, 0.2) is 54.9 Å². The zero-order valence-electron chi connectivity index (χ0n) is 12.5. The predicted octanol–water partition coefficient (Wildman–Crippen LogP) is 3.74. The molecule has 3 nitrogen and oxygen atoms in total. The topological polar surface area (TPSA) is 43.8 Å². The highest BCUT2D eigenvalue weighted by Gasteiger charge is 2.11. The van der Waals surface area contributed by atoms with Crippen LogP contribution in [0.1, 0.15) is 31.1 Å². The average molecular weight is 279 g/mol. The molecule has 3 aromatic rings. The van der Waals surface area contributed by atoms with Crippen molar-refractivity contribution < 1.29 is 0 Å². The van der Waals surface area contributed by atoms with E-state index in [1.807, 2.05) is 12.1 Å². The predicted molar refractivity (Wildman–Crippen MR) is 87.0 cm³/mol. The molecule has 0 amide bonds. The molecule has 0 radical (unpaired) electrons. The zero-order valence-corrected chi connectivity index (χ0v) is 12.5. The van der Waals surface area contributed by atoms with Gasteiger partial charge in [0.15, 0.2) is 0 Å². The first-order valence-corrected chi connectivity index (χ1v) is 7.39. The van der Waals surface area contributed by atoms with Gasteiger partial charge in [-0.25, -0.2) is 0 Å². The molecule has 0 saturated carbocycles. The Morgan fingerprint density at radius 3 is 2.71 bits per heavy atom. The standard InChI is InChI=1S/C18H21N3/c1-13(2)18(19)15-9-10-21(11-15)12-16-8-7-14-5-3-4-6-17(14)20-16/h3-11,13,18H,12,19H2,1-2H3. The molecule has 0 bridgehead atoms. The van der Waals surface area contributed by atoms with Crippen LogP contribution < -0.4 is 5.73 Å². The lowest BCUT2D eigenvalue weighted by Crippen LogP contribution is -2.15. The molecule has 0 fully saturated rings. The van der Waals surface area contributed by atoms with Crippen LogP contribution in [0, 0.1) is 5.92 Å². The fourth-order valence-electron chi connectivity index (χ4n) is 2.52. The third-order valence-electron chi connectivity index (χ3n) is 3.88. The van der Waals surface area contributed by atoms with Crippen molar-refractivity contribution in [3.8, 4) is 0 Å². The molecule has 2 aromatic heterocycles. The van der Waals surface area contributed by atoms with Gasteiger partial charge in [-0.15, -0.1) is 0 Å². The van der Waals surface area contributed by atoms with Gasteiger partial charge in [-0.1, -0.05) is 38.1 Å². The van der Waals surface area contributed by atoms with E-state index in [0.29, 0.717) is 5.92 Å². The van der Waals surface area contributed by atoms with Crippen LogP contribution in [0.3, 0.4) is 0 Å². The van der Waals surface area contributed by atoms with E-state index in [2.05, 4.69) is 61.1 Å². The number of hydrogen-bond donors (Lipinski definition) is 1. The van der Waals surface area contributed by atoms with Gasteiger partial charge in [0.1, 0.15) is 0 Å². The summed E-state index contributed by atoms with van der Waals surface area (Å²) in [5.41, 5.74) is 9.48. The SMILES string of the molecule is CC(C)C(N)c1ccn(Cc2ccc3ccccc3n2)c1. The van der Waals surface area contributed by atoms with E-state index in [-0.39, 0.29) is 6.04 Å². The Labute approximate surface area is 125 Å². The molecule has 3 heteroatoms. The maximum atomic E-state index is 6.19. The van der Waals surface area contributed by atoms with E-state index in [1.54, 1.807) is 0 Å². The Hall–Kier alpha value is -2.13. The molecule has 21 heavy (non-hydrogen) atoms. The molecule has 0 saturated heterocycles. The molecule has 0 aliphatic carbocycles. The number of pyridine rings is 1. The third-order valence-corrected chi connectivity index (χ3v) is 3.88. The summed E-state index contributed by atoms with van der Waals surface area (Å²) >= 11 is 0. The first kappa shape index (κ1) is 13.8.